The normalized spacial score (nSPS) is 18.9. The summed E-state index contributed by atoms with van der Waals surface area (Å²) in [6, 6.07) is 4.03. The molecular weight excluding hydrogens is 256 g/mol. The Hall–Kier alpha value is -1.27. The maximum Gasteiger partial charge on any atom is 0.345 e. The zero-order valence-corrected chi connectivity index (χ0v) is 9.46. The smallest absolute Gasteiger partial charge is 0.345 e. The lowest BCUT2D eigenvalue weighted by Crippen LogP contribution is -2.24. The van der Waals surface area contributed by atoms with Crippen LogP contribution in [0.25, 0.3) is 0 Å². The van der Waals surface area contributed by atoms with Gasteiger partial charge in [0.05, 0.1) is 4.90 Å². The van der Waals surface area contributed by atoms with Crippen molar-refractivity contribution in [2.45, 2.75) is 17.4 Å². The third-order valence-corrected chi connectivity index (χ3v) is 3.61. The third kappa shape index (κ3) is 1.98. The van der Waals surface area contributed by atoms with Gasteiger partial charge in [0.2, 0.25) is 0 Å². The molecule has 1 aromatic rings. The Morgan fingerprint density at radius 3 is 2.75 bits per heavy atom. The molecule has 0 amide bonds. The zero-order valence-electron chi connectivity index (χ0n) is 7.88. The summed E-state index contributed by atoms with van der Waals surface area (Å²) in [6.07, 6.45) is -0.812. The zero-order chi connectivity index (χ0) is 11.9. The maximum absolute atomic E-state index is 11.1. The maximum atomic E-state index is 11.1. The molecule has 0 radical (unpaired) electrons. The molecule has 0 bridgehead atoms. The molecule has 0 aromatic heterocycles. The predicted molar refractivity (Wildman–Crippen MR) is 55.2 cm³/mol. The summed E-state index contributed by atoms with van der Waals surface area (Å²) in [4.78, 5) is 10.6. The lowest BCUT2D eigenvalue weighted by molar-refractivity contribution is -0.144. The lowest BCUT2D eigenvalue weighted by atomic mass is 10.1. The van der Waals surface area contributed by atoms with E-state index in [2.05, 4.69) is 0 Å². The van der Waals surface area contributed by atoms with Crippen LogP contribution in [-0.2, 0) is 20.3 Å². The van der Waals surface area contributed by atoms with Gasteiger partial charge in [-0.3, -0.25) is 0 Å². The number of carbonyl (C=O) groups is 1. The summed E-state index contributed by atoms with van der Waals surface area (Å²) in [5.41, 5.74) is 0.536. The first-order chi connectivity index (χ1) is 7.38. The van der Waals surface area contributed by atoms with Crippen molar-refractivity contribution in [2.75, 3.05) is 0 Å². The van der Waals surface area contributed by atoms with Crippen molar-refractivity contribution in [3.05, 3.63) is 23.8 Å². The Kier molecular flexibility index (Phi) is 2.55. The van der Waals surface area contributed by atoms with Crippen LogP contribution in [0.4, 0.5) is 0 Å². The molecule has 0 aliphatic carbocycles. The molecule has 0 spiro atoms. The van der Waals surface area contributed by atoms with E-state index in [9.17, 15) is 13.2 Å². The number of fused-ring (bicyclic) bond motifs is 1. The molecular formula is C9H7ClO5S. The standard InChI is InChI=1S/C9H7ClO5S/c10-16(13,14)6-1-2-7-5(3-6)4-8(15-7)9(11)12/h1-3,8H,4H2,(H,11,12)/t8-/m1/s1. The first-order valence-electron chi connectivity index (χ1n) is 4.35. The first-order valence-corrected chi connectivity index (χ1v) is 6.66. The van der Waals surface area contributed by atoms with E-state index in [-0.39, 0.29) is 11.3 Å². The van der Waals surface area contributed by atoms with Crippen molar-refractivity contribution < 1.29 is 23.1 Å². The van der Waals surface area contributed by atoms with Crippen LogP contribution in [0.3, 0.4) is 0 Å². The Bertz CT molecular complexity index is 551. The van der Waals surface area contributed by atoms with Crippen LogP contribution in [0.1, 0.15) is 5.56 Å². The number of rotatable bonds is 2. The van der Waals surface area contributed by atoms with Crippen LogP contribution in [0.5, 0.6) is 5.75 Å². The monoisotopic (exact) mass is 262 g/mol. The van der Waals surface area contributed by atoms with E-state index in [0.29, 0.717) is 11.3 Å². The van der Waals surface area contributed by atoms with E-state index >= 15 is 0 Å². The summed E-state index contributed by atoms with van der Waals surface area (Å²) in [6.45, 7) is 0. The highest BCUT2D eigenvalue weighted by atomic mass is 35.7. The second-order valence-electron chi connectivity index (χ2n) is 3.36. The summed E-state index contributed by atoms with van der Waals surface area (Å²) in [7, 11) is 1.38. The van der Waals surface area contributed by atoms with Gasteiger partial charge in [-0.1, -0.05) is 0 Å². The Balaban J connectivity index is 2.39. The van der Waals surface area contributed by atoms with Gasteiger partial charge in [-0.2, -0.15) is 0 Å². The van der Waals surface area contributed by atoms with Crippen molar-refractivity contribution in [3.8, 4) is 5.75 Å². The van der Waals surface area contributed by atoms with Gasteiger partial charge >= 0.3 is 5.97 Å². The molecule has 0 saturated heterocycles. The number of carboxylic acid groups (broad SMARTS) is 1. The summed E-state index contributed by atoms with van der Waals surface area (Å²) >= 11 is 0. The SMILES string of the molecule is O=C(O)[C@H]1Cc2cc(S(=O)(=O)Cl)ccc2O1. The van der Waals surface area contributed by atoms with Gasteiger partial charge in [-0.05, 0) is 23.8 Å². The minimum atomic E-state index is -3.79. The number of hydrogen-bond acceptors (Lipinski definition) is 4. The lowest BCUT2D eigenvalue weighted by Gasteiger charge is -2.03. The molecule has 2 rings (SSSR count). The molecule has 1 N–H and O–H groups in total. The van der Waals surface area contributed by atoms with Gasteiger partial charge in [0.25, 0.3) is 9.05 Å². The molecule has 1 aromatic carbocycles. The Morgan fingerprint density at radius 1 is 1.50 bits per heavy atom. The van der Waals surface area contributed by atoms with Gasteiger partial charge < -0.3 is 9.84 Å². The van der Waals surface area contributed by atoms with E-state index in [4.69, 9.17) is 20.5 Å². The minimum absolute atomic E-state index is 0.0532. The van der Waals surface area contributed by atoms with E-state index < -0.39 is 21.1 Å². The van der Waals surface area contributed by atoms with Crippen LogP contribution in [0, 0.1) is 0 Å². The first kappa shape index (κ1) is 11.2. The molecule has 16 heavy (non-hydrogen) atoms. The molecule has 5 nitrogen and oxygen atoms in total. The Morgan fingerprint density at radius 2 is 2.19 bits per heavy atom. The van der Waals surface area contributed by atoms with Crippen molar-refractivity contribution >= 4 is 25.7 Å². The number of ether oxygens (including phenoxy) is 1. The number of halogens is 1. The second kappa shape index (κ2) is 3.64. The average Bonchev–Trinajstić information content (AvgIpc) is 2.58. The van der Waals surface area contributed by atoms with E-state index in [0.717, 1.165) is 0 Å². The predicted octanol–water partition coefficient (Wildman–Crippen LogP) is 1.00. The highest BCUT2D eigenvalue weighted by Gasteiger charge is 2.29. The van der Waals surface area contributed by atoms with Crippen molar-refractivity contribution in [1.29, 1.82) is 0 Å². The van der Waals surface area contributed by atoms with Gasteiger partial charge in [0.1, 0.15) is 5.75 Å². The largest absolute Gasteiger partial charge is 0.478 e. The van der Waals surface area contributed by atoms with Crippen molar-refractivity contribution in [2.24, 2.45) is 0 Å². The van der Waals surface area contributed by atoms with Crippen molar-refractivity contribution in [3.63, 3.8) is 0 Å². The van der Waals surface area contributed by atoms with E-state index in [1.165, 1.54) is 18.2 Å². The molecule has 7 heteroatoms. The molecule has 0 fully saturated rings. The van der Waals surface area contributed by atoms with Crippen LogP contribution in [0.2, 0.25) is 0 Å². The number of carboxylic acids is 1. The van der Waals surface area contributed by atoms with Gasteiger partial charge in [0, 0.05) is 17.1 Å². The summed E-state index contributed by atoms with van der Waals surface area (Å²) < 4.78 is 27.2. The summed E-state index contributed by atoms with van der Waals surface area (Å²) in [5, 5.41) is 8.75. The van der Waals surface area contributed by atoms with Gasteiger partial charge in [-0.15, -0.1) is 0 Å². The molecule has 0 unspecified atom stereocenters. The average molecular weight is 263 g/mol. The number of aliphatic carboxylic acids is 1. The second-order valence-corrected chi connectivity index (χ2v) is 5.92. The molecule has 0 saturated carbocycles. The topological polar surface area (TPSA) is 80.7 Å². The van der Waals surface area contributed by atoms with E-state index in [1.54, 1.807) is 0 Å². The van der Waals surface area contributed by atoms with Crippen LogP contribution >= 0.6 is 10.7 Å². The van der Waals surface area contributed by atoms with Crippen molar-refractivity contribution in [1.82, 2.24) is 0 Å². The fourth-order valence-corrected chi connectivity index (χ4v) is 2.32. The fraction of sp³-hybridized carbons (Fsp3) is 0.222. The van der Waals surface area contributed by atoms with Crippen LogP contribution in [-0.4, -0.2) is 25.6 Å². The third-order valence-electron chi connectivity index (χ3n) is 2.26. The van der Waals surface area contributed by atoms with Crippen LogP contribution in [0.15, 0.2) is 23.1 Å². The quantitative estimate of drug-likeness (QED) is 0.805. The highest BCUT2D eigenvalue weighted by Crippen LogP contribution is 2.31. The number of benzene rings is 1. The molecule has 1 heterocycles. The molecule has 86 valence electrons. The number of hydrogen-bond donors (Lipinski definition) is 1. The highest BCUT2D eigenvalue weighted by molar-refractivity contribution is 8.13. The van der Waals surface area contributed by atoms with Gasteiger partial charge in [-0.25, -0.2) is 13.2 Å². The molecule has 1 aliphatic heterocycles. The fourth-order valence-electron chi connectivity index (χ4n) is 1.51. The molecule has 1 aliphatic rings. The minimum Gasteiger partial charge on any atom is -0.478 e. The Labute approximate surface area is 96.0 Å². The van der Waals surface area contributed by atoms with Crippen LogP contribution < -0.4 is 4.74 Å². The van der Waals surface area contributed by atoms with E-state index in [1.807, 2.05) is 0 Å². The van der Waals surface area contributed by atoms with Gasteiger partial charge in [0.15, 0.2) is 6.10 Å². The molecule has 1 atom stereocenters. The summed E-state index contributed by atoms with van der Waals surface area (Å²) in [5.74, 6) is -0.692.